The van der Waals surface area contributed by atoms with E-state index >= 15 is 0 Å². The highest BCUT2D eigenvalue weighted by atomic mass is 16.5. The number of amidine groups is 1. The summed E-state index contributed by atoms with van der Waals surface area (Å²) in [5.41, 5.74) is 16.5. The Morgan fingerprint density at radius 2 is 1.16 bits per heavy atom. The summed E-state index contributed by atoms with van der Waals surface area (Å²) in [6.07, 6.45) is 2.14. The van der Waals surface area contributed by atoms with E-state index in [1.165, 1.54) is 49.4 Å². The van der Waals surface area contributed by atoms with Gasteiger partial charge in [0, 0.05) is 11.3 Å². The molecular formula is C44H34N4O. The molecule has 2 aliphatic rings. The van der Waals surface area contributed by atoms with Gasteiger partial charge in [-0.1, -0.05) is 146 Å². The molecule has 2 unspecified atom stereocenters. The molecule has 0 amide bonds. The number of hydrogen-bond acceptors (Lipinski definition) is 5. The highest BCUT2D eigenvalue weighted by Gasteiger charge is 2.21. The van der Waals surface area contributed by atoms with Gasteiger partial charge >= 0.3 is 0 Å². The summed E-state index contributed by atoms with van der Waals surface area (Å²) >= 11 is 0. The predicted octanol–water partition coefficient (Wildman–Crippen LogP) is 9.54. The third kappa shape index (κ3) is 5.81. The van der Waals surface area contributed by atoms with Crippen molar-refractivity contribution in [3.8, 4) is 22.3 Å². The summed E-state index contributed by atoms with van der Waals surface area (Å²) in [4.78, 5) is 5.21. The van der Waals surface area contributed by atoms with Crippen molar-refractivity contribution in [3.63, 3.8) is 0 Å². The largest absolute Gasteiger partial charge is 0.341 e. The Kier molecular flexibility index (Phi) is 7.56. The molecule has 0 saturated carbocycles. The van der Waals surface area contributed by atoms with Crippen molar-refractivity contribution < 1.29 is 4.74 Å². The molecule has 0 aliphatic carbocycles. The SMILES string of the molecule is C1=C(c2ccc(-c3ccc4cc(-c5ccc(C6NNCO6)cc5)ccc4c3)cc2)NC(c2ccccc2)=NC1c1cccc2ccccc12. The number of rotatable bonds is 6. The topological polar surface area (TPSA) is 57.7 Å². The first-order chi connectivity index (χ1) is 24.2. The van der Waals surface area contributed by atoms with E-state index in [9.17, 15) is 0 Å². The molecule has 3 N–H and O–H groups in total. The van der Waals surface area contributed by atoms with Gasteiger partial charge in [-0.2, -0.15) is 0 Å². The van der Waals surface area contributed by atoms with Gasteiger partial charge in [0.2, 0.25) is 0 Å². The molecule has 7 aromatic carbocycles. The van der Waals surface area contributed by atoms with Crippen LogP contribution < -0.4 is 16.2 Å². The first kappa shape index (κ1) is 29.3. The number of benzene rings is 7. The number of nitrogens with zero attached hydrogens (tertiary/aromatic N) is 1. The normalized spacial score (nSPS) is 17.5. The molecule has 1 fully saturated rings. The number of hydrazine groups is 1. The molecular weight excluding hydrogens is 601 g/mol. The molecule has 0 aromatic heterocycles. The molecule has 0 spiro atoms. The van der Waals surface area contributed by atoms with Gasteiger partial charge in [0.1, 0.15) is 18.8 Å². The second-order valence-corrected chi connectivity index (χ2v) is 12.6. The van der Waals surface area contributed by atoms with Gasteiger partial charge in [-0.15, -0.1) is 0 Å². The van der Waals surface area contributed by atoms with E-state index < -0.39 is 0 Å². The van der Waals surface area contributed by atoms with Crippen LogP contribution in [0.5, 0.6) is 0 Å². The van der Waals surface area contributed by atoms with E-state index in [1.54, 1.807) is 0 Å². The summed E-state index contributed by atoms with van der Waals surface area (Å²) in [5.74, 6) is 0.877. The molecule has 236 valence electrons. The van der Waals surface area contributed by atoms with E-state index in [4.69, 9.17) is 9.73 Å². The van der Waals surface area contributed by atoms with Gasteiger partial charge in [-0.3, -0.25) is 4.99 Å². The molecule has 0 radical (unpaired) electrons. The first-order valence-electron chi connectivity index (χ1n) is 16.7. The molecule has 5 nitrogen and oxygen atoms in total. The third-order valence-electron chi connectivity index (χ3n) is 9.51. The smallest absolute Gasteiger partial charge is 0.148 e. The second-order valence-electron chi connectivity index (χ2n) is 12.6. The highest BCUT2D eigenvalue weighted by Crippen LogP contribution is 2.34. The molecule has 49 heavy (non-hydrogen) atoms. The number of nitrogens with one attached hydrogen (secondary N) is 3. The Morgan fingerprint density at radius 3 is 1.88 bits per heavy atom. The van der Waals surface area contributed by atoms with Crippen LogP contribution in [0.15, 0.2) is 169 Å². The minimum atomic E-state index is -0.115. The van der Waals surface area contributed by atoms with Gasteiger partial charge in [0.25, 0.3) is 0 Å². The Balaban J connectivity index is 0.998. The molecule has 7 aromatic rings. The molecule has 2 heterocycles. The molecule has 0 bridgehead atoms. The average Bonchev–Trinajstić information content (AvgIpc) is 3.73. The summed E-state index contributed by atoms with van der Waals surface area (Å²) < 4.78 is 5.65. The zero-order valence-electron chi connectivity index (χ0n) is 26.8. The summed E-state index contributed by atoms with van der Waals surface area (Å²) in [5, 5.41) is 8.54. The number of hydrogen-bond donors (Lipinski definition) is 3. The van der Waals surface area contributed by atoms with Gasteiger partial charge < -0.3 is 10.1 Å². The molecule has 5 heteroatoms. The quantitative estimate of drug-likeness (QED) is 0.171. The van der Waals surface area contributed by atoms with E-state index in [-0.39, 0.29) is 12.3 Å². The third-order valence-corrected chi connectivity index (χ3v) is 9.51. The zero-order valence-corrected chi connectivity index (χ0v) is 26.8. The molecule has 9 rings (SSSR count). The van der Waals surface area contributed by atoms with Crippen molar-refractivity contribution in [1.29, 1.82) is 0 Å². The Morgan fingerprint density at radius 1 is 0.531 bits per heavy atom. The Hall–Kier alpha value is -5.85. The lowest BCUT2D eigenvalue weighted by Crippen LogP contribution is -2.27. The van der Waals surface area contributed by atoms with E-state index in [1.807, 2.05) is 6.07 Å². The maximum Gasteiger partial charge on any atom is 0.148 e. The number of fused-ring (bicyclic) bond motifs is 2. The van der Waals surface area contributed by atoms with Crippen LogP contribution in [0.4, 0.5) is 0 Å². The predicted molar refractivity (Wildman–Crippen MR) is 201 cm³/mol. The highest BCUT2D eigenvalue weighted by molar-refractivity contribution is 6.05. The Bertz CT molecular complexity index is 2350. The van der Waals surface area contributed by atoms with E-state index in [2.05, 4.69) is 174 Å². The van der Waals surface area contributed by atoms with Gasteiger partial charge in [0.15, 0.2) is 0 Å². The van der Waals surface area contributed by atoms with Crippen LogP contribution in [0.2, 0.25) is 0 Å². The van der Waals surface area contributed by atoms with Crippen molar-refractivity contribution in [3.05, 3.63) is 186 Å². The molecule has 1 saturated heterocycles. The second kappa shape index (κ2) is 12.6. The molecule has 2 aliphatic heterocycles. The minimum Gasteiger partial charge on any atom is -0.341 e. The molecule has 2 atom stereocenters. The maximum atomic E-state index is 5.65. The van der Waals surface area contributed by atoms with Crippen LogP contribution in [-0.2, 0) is 4.74 Å². The lowest BCUT2D eigenvalue weighted by Gasteiger charge is -2.24. The van der Waals surface area contributed by atoms with Gasteiger partial charge in [-0.05, 0) is 78.7 Å². The number of aliphatic imine (C=N–C) groups is 1. The number of ether oxygens (including phenoxy) is 1. The average molecular weight is 635 g/mol. The summed E-state index contributed by atoms with van der Waals surface area (Å²) in [6.45, 7) is 0.510. The fraction of sp³-hybridized carbons (Fsp3) is 0.0682. The van der Waals surface area contributed by atoms with Crippen LogP contribution in [-0.4, -0.2) is 12.6 Å². The maximum absolute atomic E-state index is 5.65. The fourth-order valence-electron chi connectivity index (χ4n) is 6.89. The van der Waals surface area contributed by atoms with Crippen LogP contribution in [0.3, 0.4) is 0 Å². The van der Waals surface area contributed by atoms with Crippen LogP contribution in [0.1, 0.15) is 34.5 Å². The summed E-state index contributed by atoms with van der Waals surface area (Å²) in [7, 11) is 0. The van der Waals surface area contributed by atoms with Crippen LogP contribution >= 0.6 is 0 Å². The lowest BCUT2D eigenvalue weighted by atomic mass is 9.95. The van der Waals surface area contributed by atoms with E-state index in [0.717, 1.165) is 28.2 Å². The van der Waals surface area contributed by atoms with Crippen molar-refractivity contribution in [1.82, 2.24) is 16.2 Å². The standard InChI is InChI=1S/C44H34N4O/c1-2-8-33(9-3-1)43-46-41(27-42(47-43)40-12-6-10-31-7-4-5-11-39(31)40)32-17-13-29(14-18-32)35-21-23-38-26-36(22-24-37(38)25-35)30-15-19-34(20-16-30)44-48-45-28-49-44/h1-27,42,44-45,48H,28H2,(H,46,47). The van der Waals surface area contributed by atoms with Crippen LogP contribution in [0.25, 0.3) is 49.5 Å². The van der Waals surface area contributed by atoms with E-state index in [0.29, 0.717) is 6.73 Å². The zero-order chi connectivity index (χ0) is 32.6. The van der Waals surface area contributed by atoms with Gasteiger partial charge in [0.05, 0.1) is 6.04 Å². The van der Waals surface area contributed by atoms with Crippen molar-refractivity contribution >= 4 is 33.1 Å². The lowest BCUT2D eigenvalue weighted by molar-refractivity contribution is 0.100. The first-order valence-corrected chi connectivity index (χ1v) is 16.7. The van der Waals surface area contributed by atoms with Crippen molar-refractivity contribution in [2.75, 3.05) is 6.73 Å². The van der Waals surface area contributed by atoms with Crippen molar-refractivity contribution in [2.45, 2.75) is 12.3 Å². The van der Waals surface area contributed by atoms with Crippen LogP contribution in [0, 0.1) is 0 Å². The fourth-order valence-corrected chi connectivity index (χ4v) is 6.89. The monoisotopic (exact) mass is 634 g/mol. The van der Waals surface area contributed by atoms with Gasteiger partial charge in [-0.25, -0.2) is 10.9 Å². The Labute approximate surface area is 285 Å². The summed E-state index contributed by atoms with van der Waals surface area (Å²) in [6, 6.07) is 56.1. The van der Waals surface area contributed by atoms with Crippen molar-refractivity contribution in [2.24, 2.45) is 4.99 Å². The minimum absolute atomic E-state index is 0.110.